The maximum absolute atomic E-state index is 9.61. The summed E-state index contributed by atoms with van der Waals surface area (Å²) in [7, 11) is 0. The van der Waals surface area contributed by atoms with Crippen LogP contribution in [0.15, 0.2) is 127 Å². The molecule has 2 saturated carbocycles. The first-order valence-electron chi connectivity index (χ1n) is 19.2. The predicted octanol–water partition coefficient (Wildman–Crippen LogP) is 12.3. The maximum Gasteiger partial charge on any atom is 0.164 e. The lowest BCUT2D eigenvalue weighted by atomic mass is 9.54. The second-order valence-corrected chi connectivity index (χ2v) is 16.6. The zero-order chi connectivity index (χ0) is 36.9. The molecule has 1 aromatic heterocycles. The first-order chi connectivity index (χ1) is 25.6. The largest absolute Gasteiger partial charge is 0.208 e. The number of nitriles is 1. The number of nitrogens with zero attached hydrogens (tertiary/aromatic N) is 4. The minimum atomic E-state index is -0.281. The molecule has 53 heavy (non-hydrogen) atoms. The zero-order valence-electron chi connectivity index (χ0n) is 31.7. The maximum atomic E-state index is 9.61. The summed E-state index contributed by atoms with van der Waals surface area (Å²) >= 11 is 0. The van der Waals surface area contributed by atoms with Gasteiger partial charge >= 0.3 is 0 Å². The molecule has 2 unspecified atom stereocenters. The van der Waals surface area contributed by atoms with E-state index in [1.165, 1.54) is 43.2 Å². The summed E-state index contributed by atoms with van der Waals surface area (Å²) in [6, 6.07) is 36.9. The lowest BCUT2D eigenvalue weighted by Gasteiger charge is -2.50. The van der Waals surface area contributed by atoms with Crippen molar-refractivity contribution in [2.24, 2.45) is 17.8 Å². The highest BCUT2D eigenvalue weighted by Crippen LogP contribution is 2.54. The number of benzene rings is 4. The second kappa shape index (κ2) is 13.5. The third-order valence-corrected chi connectivity index (χ3v) is 12.2. The summed E-state index contributed by atoms with van der Waals surface area (Å²) in [4.78, 5) is 15.5. The van der Waals surface area contributed by atoms with Crippen molar-refractivity contribution in [1.29, 1.82) is 5.26 Å². The topological polar surface area (TPSA) is 62.5 Å². The van der Waals surface area contributed by atoms with Crippen molar-refractivity contribution in [3.05, 3.63) is 144 Å². The van der Waals surface area contributed by atoms with Crippen LogP contribution in [-0.2, 0) is 10.8 Å². The van der Waals surface area contributed by atoms with E-state index < -0.39 is 0 Å². The molecular formula is C49H48N4. The van der Waals surface area contributed by atoms with Gasteiger partial charge < -0.3 is 0 Å². The number of allylic oxidation sites excluding steroid dienone is 5. The number of hydrogen-bond acceptors (Lipinski definition) is 4. The molecule has 1 heterocycles. The molecule has 5 aromatic rings. The van der Waals surface area contributed by atoms with Crippen molar-refractivity contribution in [1.82, 2.24) is 15.0 Å². The van der Waals surface area contributed by atoms with Crippen molar-refractivity contribution in [2.75, 3.05) is 0 Å². The van der Waals surface area contributed by atoms with Crippen LogP contribution in [0.3, 0.4) is 0 Å². The molecule has 3 aliphatic carbocycles. The van der Waals surface area contributed by atoms with Gasteiger partial charge in [-0.05, 0) is 119 Å². The monoisotopic (exact) mass is 692 g/mol. The van der Waals surface area contributed by atoms with E-state index in [0.717, 1.165) is 62.3 Å². The van der Waals surface area contributed by atoms with Crippen LogP contribution < -0.4 is 0 Å². The Hall–Kier alpha value is -5.40. The van der Waals surface area contributed by atoms with Gasteiger partial charge in [0.1, 0.15) is 0 Å². The molecule has 4 aromatic carbocycles. The van der Waals surface area contributed by atoms with Crippen molar-refractivity contribution in [2.45, 2.75) is 77.6 Å². The molecular weight excluding hydrogens is 645 g/mol. The van der Waals surface area contributed by atoms with Crippen LogP contribution in [0, 0.1) is 29.1 Å². The molecule has 0 amide bonds. The van der Waals surface area contributed by atoms with Crippen LogP contribution >= 0.6 is 0 Å². The van der Waals surface area contributed by atoms with Gasteiger partial charge in [0, 0.05) is 27.7 Å². The lowest BCUT2D eigenvalue weighted by molar-refractivity contribution is 0.0780. The van der Waals surface area contributed by atoms with Gasteiger partial charge in [-0.2, -0.15) is 5.26 Å². The molecule has 264 valence electrons. The minimum absolute atomic E-state index is 0.264. The van der Waals surface area contributed by atoms with Crippen LogP contribution in [0.4, 0.5) is 0 Å². The van der Waals surface area contributed by atoms with E-state index in [4.69, 9.17) is 15.0 Å². The fourth-order valence-electron chi connectivity index (χ4n) is 10.1. The molecule has 4 atom stereocenters. The van der Waals surface area contributed by atoms with Crippen LogP contribution in [0.5, 0.6) is 0 Å². The summed E-state index contributed by atoms with van der Waals surface area (Å²) in [5.74, 6) is 4.29. The Labute approximate surface area is 315 Å². The highest BCUT2D eigenvalue weighted by atomic mass is 15.0. The summed E-state index contributed by atoms with van der Waals surface area (Å²) in [5, 5.41) is 9.61. The predicted molar refractivity (Wildman–Crippen MR) is 218 cm³/mol. The van der Waals surface area contributed by atoms with E-state index in [1.54, 1.807) is 0 Å². The van der Waals surface area contributed by atoms with Crippen LogP contribution in [0.2, 0.25) is 0 Å². The standard InChI is InChI=1S/C49H48N4/c1-7-41-42-26-39(18-21-43(42)48(5,6)44(41)24-33(4)30-50)47-52-45(51-46(53-47)38-15-11-14-37(25-38)35-12-9-8-10-13-35)36-16-19-40(20-17-36)49-27-31(2)22-34(29-49)23-32(3)28-49/h7-21,24-26,31-32,34H,1,22-23,27-29H2,2-6H3/b33-24+/t31-,32+,34?,49?. The molecule has 0 aliphatic heterocycles. The Morgan fingerprint density at radius 2 is 1.30 bits per heavy atom. The van der Waals surface area contributed by atoms with Crippen molar-refractivity contribution < 1.29 is 0 Å². The summed E-state index contributed by atoms with van der Waals surface area (Å²) in [6.07, 6.45) is 10.5. The van der Waals surface area contributed by atoms with Crippen molar-refractivity contribution in [3.8, 4) is 51.4 Å². The van der Waals surface area contributed by atoms with Crippen LogP contribution in [0.25, 0.3) is 50.9 Å². The SMILES string of the molecule is C=CC1=C(/C=C(\C)C#N)C(C)(C)c2ccc(-c3nc(-c4ccc(C56CC(C[C@@H](C)C5)C[C@H](C)C6)cc4)nc(-c4cccc(-c5ccccc5)c4)n3)cc21. The number of rotatable bonds is 7. The molecule has 4 nitrogen and oxygen atoms in total. The average molecular weight is 693 g/mol. The van der Waals surface area contributed by atoms with Gasteiger partial charge in [-0.25, -0.2) is 15.0 Å². The Kier molecular flexibility index (Phi) is 8.86. The smallest absolute Gasteiger partial charge is 0.164 e. The van der Waals surface area contributed by atoms with Gasteiger partial charge in [0.25, 0.3) is 0 Å². The van der Waals surface area contributed by atoms with Crippen molar-refractivity contribution in [3.63, 3.8) is 0 Å². The fraction of sp³-hybridized carbons (Fsp3) is 0.306. The summed E-state index contributed by atoms with van der Waals surface area (Å²) in [6.45, 7) is 15.4. The third-order valence-electron chi connectivity index (χ3n) is 12.2. The molecule has 2 fully saturated rings. The summed E-state index contributed by atoms with van der Waals surface area (Å²) in [5.41, 5.74) is 11.7. The number of aromatic nitrogens is 3. The van der Waals surface area contributed by atoms with E-state index in [1.807, 2.05) is 25.1 Å². The normalized spacial score (nSPS) is 23.3. The Morgan fingerprint density at radius 3 is 1.94 bits per heavy atom. The van der Waals surface area contributed by atoms with Gasteiger partial charge in [-0.15, -0.1) is 0 Å². The third kappa shape index (κ3) is 6.37. The molecule has 8 rings (SSSR count). The van der Waals surface area contributed by atoms with E-state index in [0.29, 0.717) is 23.0 Å². The Morgan fingerprint density at radius 1 is 0.717 bits per heavy atom. The minimum Gasteiger partial charge on any atom is -0.208 e. The first-order valence-corrected chi connectivity index (χ1v) is 19.2. The van der Waals surface area contributed by atoms with Gasteiger partial charge in [0.15, 0.2) is 17.5 Å². The van der Waals surface area contributed by atoms with E-state index in [2.05, 4.69) is 131 Å². The first kappa shape index (κ1) is 34.7. The molecule has 3 aliphatic rings. The molecule has 0 spiro atoms. The lowest BCUT2D eigenvalue weighted by Crippen LogP contribution is -2.42. The highest BCUT2D eigenvalue weighted by molar-refractivity contribution is 5.89. The molecule has 2 bridgehead atoms. The van der Waals surface area contributed by atoms with E-state index in [-0.39, 0.29) is 10.8 Å². The van der Waals surface area contributed by atoms with Crippen LogP contribution in [0.1, 0.15) is 83.4 Å². The van der Waals surface area contributed by atoms with Crippen molar-refractivity contribution >= 4 is 5.57 Å². The average Bonchev–Trinajstić information content (AvgIpc) is 3.38. The second-order valence-electron chi connectivity index (χ2n) is 16.6. The Bertz CT molecular complexity index is 2300. The van der Waals surface area contributed by atoms with E-state index >= 15 is 0 Å². The Balaban J connectivity index is 1.25. The molecule has 0 radical (unpaired) electrons. The van der Waals surface area contributed by atoms with Gasteiger partial charge in [0.2, 0.25) is 0 Å². The number of fused-ring (bicyclic) bond motifs is 3. The van der Waals surface area contributed by atoms with Gasteiger partial charge in [-0.1, -0.05) is 125 Å². The quantitative estimate of drug-likeness (QED) is 0.159. The molecule has 0 saturated heterocycles. The zero-order valence-corrected chi connectivity index (χ0v) is 31.7. The highest BCUT2D eigenvalue weighted by Gasteiger charge is 2.45. The molecule has 4 heteroatoms. The van der Waals surface area contributed by atoms with Gasteiger partial charge in [-0.3, -0.25) is 0 Å². The van der Waals surface area contributed by atoms with Gasteiger partial charge in [0.05, 0.1) is 6.07 Å². The van der Waals surface area contributed by atoms with E-state index in [9.17, 15) is 5.26 Å². The number of hydrogen-bond donors (Lipinski definition) is 0. The van der Waals surface area contributed by atoms with Crippen LogP contribution in [-0.4, -0.2) is 15.0 Å². The summed E-state index contributed by atoms with van der Waals surface area (Å²) < 4.78 is 0. The fourth-order valence-corrected chi connectivity index (χ4v) is 10.1. The molecule has 0 N–H and O–H groups in total.